The molecule has 1 unspecified atom stereocenters. The topological polar surface area (TPSA) is 54.0 Å². The summed E-state index contributed by atoms with van der Waals surface area (Å²) in [6.07, 6.45) is 8.01. The standard InChI is InChI=1S/C27H37N3O3/c1-20-15-21-17-28-29(5)24(21)22(16-20)18-32-19-27(23-9-7-6-8-10-23)11-13-30(14-12-27)25(31)33-26(2,3)4/h6-10,15-17,24,28H,11-14,18-19H2,1-5H3. The summed E-state index contributed by atoms with van der Waals surface area (Å²) in [4.78, 5) is 14.4. The van der Waals surface area contributed by atoms with Gasteiger partial charge in [-0.25, -0.2) is 9.80 Å². The highest BCUT2D eigenvalue weighted by atomic mass is 16.6. The van der Waals surface area contributed by atoms with E-state index in [-0.39, 0.29) is 17.6 Å². The van der Waals surface area contributed by atoms with E-state index < -0.39 is 5.60 Å². The fraction of sp³-hybridized carbons (Fsp3) is 0.519. The van der Waals surface area contributed by atoms with Crippen LogP contribution in [-0.2, 0) is 14.9 Å². The fourth-order valence-electron chi connectivity index (χ4n) is 5.05. The van der Waals surface area contributed by atoms with E-state index in [1.165, 1.54) is 22.3 Å². The highest BCUT2D eigenvalue weighted by molar-refractivity contribution is 5.68. The van der Waals surface area contributed by atoms with Crippen LogP contribution in [0.25, 0.3) is 0 Å². The number of allylic oxidation sites excluding steroid dienone is 2. The third kappa shape index (κ3) is 5.33. The molecule has 0 radical (unpaired) electrons. The van der Waals surface area contributed by atoms with Gasteiger partial charge in [0.05, 0.1) is 19.3 Å². The Bertz CT molecular complexity index is 951. The molecule has 1 N–H and O–H groups in total. The van der Waals surface area contributed by atoms with Gasteiger partial charge in [0.1, 0.15) is 5.60 Å². The molecule has 2 heterocycles. The Kier molecular flexibility index (Phi) is 6.68. The van der Waals surface area contributed by atoms with Gasteiger partial charge >= 0.3 is 6.09 Å². The van der Waals surface area contributed by atoms with Crippen LogP contribution in [0.5, 0.6) is 0 Å². The largest absolute Gasteiger partial charge is 0.444 e. The number of piperidine rings is 1. The predicted octanol–water partition coefficient (Wildman–Crippen LogP) is 4.56. The highest BCUT2D eigenvalue weighted by Crippen LogP contribution is 2.37. The number of carbonyl (C=O) groups excluding carboxylic acids is 1. The Hall–Kier alpha value is -2.57. The van der Waals surface area contributed by atoms with Crippen molar-refractivity contribution in [3.8, 4) is 0 Å². The van der Waals surface area contributed by atoms with Crippen LogP contribution in [0.4, 0.5) is 4.79 Å². The van der Waals surface area contributed by atoms with Crippen molar-refractivity contribution in [2.45, 2.75) is 57.6 Å². The van der Waals surface area contributed by atoms with E-state index in [1.54, 1.807) is 0 Å². The van der Waals surface area contributed by atoms with Crippen LogP contribution in [0.2, 0.25) is 0 Å². The van der Waals surface area contributed by atoms with Crippen molar-refractivity contribution in [1.82, 2.24) is 15.3 Å². The first-order chi connectivity index (χ1) is 15.7. The summed E-state index contributed by atoms with van der Waals surface area (Å²) < 4.78 is 12.0. The number of amides is 1. The Labute approximate surface area is 197 Å². The summed E-state index contributed by atoms with van der Waals surface area (Å²) >= 11 is 0. The summed E-state index contributed by atoms with van der Waals surface area (Å²) in [6, 6.07) is 10.8. The Morgan fingerprint density at radius 2 is 1.85 bits per heavy atom. The second-order valence-electron chi connectivity index (χ2n) is 10.5. The van der Waals surface area contributed by atoms with E-state index in [0.29, 0.717) is 26.3 Å². The number of fused-ring (bicyclic) bond motifs is 1. The Morgan fingerprint density at radius 3 is 2.52 bits per heavy atom. The number of benzene rings is 1. The van der Waals surface area contributed by atoms with Crippen LogP contribution >= 0.6 is 0 Å². The third-order valence-electron chi connectivity index (χ3n) is 6.70. The fourth-order valence-corrected chi connectivity index (χ4v) is 5.05. The number of hydrazine groups is 1. The molecule has 1 atom stereocenters. The first-order valence-corrected chi connectivity index (χ1v) is 11.9. The van der Waals surface area contributed by atoms with E-state index in [9.17, 15) is 4.79 Å². The quantitative estimate of drug-likeness (QED) is 0.711. The summed E-state index contributed by atoms with van der Waals surface area (Å²) in [7, 11) is 2.06. The summed E-state index contributed by atoms with van der Waals surface area (Å²) in [6.45, 7) is 10.4. The van der Waals surface area contributed by atoms with Crippen molar-refractivity contribution in [3.63, 3.8) is 0 Å². The maximum atomic E-state index is 12.6. The second kappa shape index (κ2) is 9.35. The van der Waals surface area contributed by atoms with Gasteiger partial charge in [-0.1, -0.05) is 48.1 Å². The number of carbonyl (C=O) groups is 1. The molecule has 6 heteroatoms. The minimum Gasteiger partial charge on any atom is -0.444 e. The van der Waals surface area contributed by atoms with Gasteiger partial charge in [-0.3, -0.25) is 0 Å². The average molecular weight is 452 g/mol. The number of hydrogen-bond donors (Lipinski definition) is 1. The average Bonchev–Trinajstić information content (AvgIpc) is 3.14. The van der Waals surface area contributed by atoms with Crippen LogP contribution in [0.3, 0.4) is 0 Å². The Morgan fingerprint density at radius 1 is 1.15 bits per heavy atom. The normalized spacial score (nSPS) is 22.6. The SMILES string of the molecule is CC1=CC2=CNN(C)C2C(COCC2(c3ccccc3)CCN(C(=O)OC(C)(C)C)CC2)=C1. The molecule has 1 saturated heterocycles. The van der Waals surface area contributed by atoms with Crippen molar-refractivity contribution in [3.05, 3.63) is 71.0 Å². The van der Waals surface area contributed by atoms with Gasteiger partial charge in [0, 0.05) is 31.8 Å². The van der Waals surface area contributed by atoms with E-state index in [1.807, 2.05) is 31.7 Å². The molecule has 0 bridgehead atoms. The zero-order chi connectivity index (χ0) is 23.6. The molecule has 33 heavy (non-hydrogen) atoms. The molecule has 0 saturated carbocycles. The molecule has 178 valence electrons. The van der Waals surface area contributed by atoms with Crippen LogP contribution in [0.15, 0.2) is 65.4 Å². The molecule has 0 spiro atoms. The molecule has 2 aliphatic heterocycles. The molecule has 4 rings (SSSR count). The predicted molar refractivity (Wildman–Crippen MR) is 131 cm³/mol. The van der Waals surface area contributed by atoms with Gasteiger partial charge in [0.15, 0.2) is 0 Å². The van der Waals surface area contributed by atoms with Crippen molar-refractivity contribution in [2.24, 2.45) is 0 Å². The lowest BCUT2D eigenvalue weighted by molar-refractivity contribution is 0.00680. The monoisotopic (exact) mass is 451 g/mol. The number of likely N-dealkylation sites (tertiary alicyclic amines) is 1. The molecule has 1 fully saturated rings. The minimum absolute atomic E-state index is 0.113. The lowest BCUT2D eigenvalue weighted by Crippen LogP contribution is -2.48. The van der Waals surface area contributed by atoms with E-state index in [2.05, 4.69) is 67.0 Å². The van der Waals surface area contributed by atoms with Crippen LogP contribution < -0.4 is 5.43 Å². The van der Waals surface area contributed by atoms with Crippen molar-refractivity contribution in [2.75, 3.05) is 33.4 Å². The number of nitrogens with one attached hydrogen (secondary N) is 1. The van der Waals surface area contributed by atoms with Gasteiger partial charge in [0.25, 0.3) is 0 Å². The molecule has 1 aliphatic carbocycles. The first kappa shape index (κ1) is 23.6. The number of nitrogens with zero attached hydrogens (tertiary/aromatic N) is 2. The maximum absolute atomic E-state index is 12.6. The number of ether oxygens (including phenoxy) is 2. The van der Waals surface area contributed by atoms with Crippen LogP contribution in [-0.4, -0.2) is 61.0 Å². The van der Waals surface area contributed by atoms with E-state index >= 15 is 0 Å². The lowest BCUT2D eigenvalue weighted by Gasteiger charge is -2.42. The lowest BCUT2D eigenvalue weighted by atomic mass is 9.73. The molecule has 6 nitrogen and oxygen atoms in total. The summed E-state index contributed by atoms with van der Waals surface area (Å²) in [5, 5.41) is 2.12. The van der Waals surface area contributed by atoms with Crippen molar-refractivity contribution >= 4 is 6.09 Å². The number of likely N-dealkylation sites (N-methyl/N-ethyl adjacent to an activating group) is 1. The van der Waals surface area contributed by atoms with Gasteiger partial charge in [0.2, 0.25) is 0 Å². The zero-order valence-electron chi connectivity index (χ0n) is 20.6. The molecule has 0 aromatic heterocycles. The molecule has 1 aromatic rings. The Balaban J connectivity index is 1.44. The highest BCUT2D eigenvalue weighted by Gasteiger charge is 2.39. The molecule has 1 aromatic carbocycles. The smallest absolute Gasteiger partial charge is 0.410 e. The molecular weight excluding hydrogens is 414 g/mol. The first-order valence-electron chi connectivity index (χ1n) is 11.9. The number of hydrogen-bond acceptors (Lipinski definition) is 5. The molecular formula is C27H37N3O3. The zero-order valence-corrected chi connectivity index (χ0v) is 20.6. The van der Waals surface area contributed by atoms with Gasteiger partial charge in [-0.15, -0.1) is 0 Å². The van der Waals surface area contributed by atoms with Crippen LogP contribution in [0.1, 0.15) is 46.1 Å². The minimum atomic E-state index is -0.482. The second-order valence-corrected chi connectivity index (χ2v) is 10.5. The van der Waals surface area contributed by atoms with Gasteiger partial charge < -0.3 is 19.8 Å². The van der Waals surface area contributed by atoms with Gasteiger partial charge in [-0.05, 0) is 57.2 Å². The molecule has 3 aliphatic rings. The summed E-state index contributed by atoms with van der Waals surface area (Å²) in [5.74, 6) is 0. The van der Waals surface area contributed by atoms with Crippen molar-refractivity contribution in [1.29, 1.82) is 0 Å². The van der Waals surface area contributed by atoms with Gasteiger partial charge in [-0.2, -0.15) is 0 Å². The maximum Gasteiger partial charge on any atom is 0.410 e. The van der Waals surface area contributed by atoms with Crippen LogP contribution in [0, 0.1) is 0 Å². The van der Waals surface area contributed by atoms with E-state index in [0.717, 1.165) is 12.8 Å². The summed E-state index contributed by atoms with van der Waals surface area (Å²) in [5.41, 5.74) is 7.77. The number of rotatable bonds is 5. The third-order valence-corrected chi connectivity index (χ3v) is 6.70. The molecule has 1 amide bonds. The van der Waals surface area contributed by atoms with E-state index in [4.69, 9.17) is 9.47 Å². The van der Waals surface area contributed by atoms with Crippen molar-refractivity contribution < 1.29 is 14.3 Å².